The van der Waals surface area contributed by atoms with E-state index in [-0.39, 0.29) is 43.1 Å². The summed E-state index contributed by atoms with van der Waals surface area (Å²) in [5.41, 5.74) is 7.07. The van der Waals surface area contributed by atoms with Crippen LogP contribution in [0.15, 0.2) is 23.6 Å². The maximum Gasteiger partial charge on any atom is 0.226 e. The van der Waals surface area contributed by atoms with Gasteiger partial charge in [-0.1, -0.05) is 13.8 Å². The van der Waals surface area contributed by atoms with Crippen molar-refractivity contribution in [3.8, 4) is 22.1 Å². The van der Waals surface area contributed by atoms with Crippen molar-refractivity contribution < 1.29 is 14.3 Å². The molecular weight excluding hydrogens is 421 g/mol. The summed E-state index contributed by atoms with van der Waals surface area (Å²) < 4.78 is 10.6. The molecule has 0 bridgehead atoms. The largest absolute Gasteiger partial charge is 0.493 e. The van der Waals surface area contributed by atoms with Crippen molar-refractivity contribution in [3.05, 3.63) is 29.3 Å². The van der Waals surface area contributed by atoms with Crippen LogP contribution >= 0.6 is 36.2 Å². The Bertz CT molecular complexity index is 771. The van der Waals surface area contributed by atoms with Crippen molar-refractivity contribution in [1.29, 1.82) is 0 Å². The molecule has 0 aliphatic rings. The van der Waals surface area contributed by atoms with Gasteiger partial charge in [-0.15, -0.1) is 36.2 Å². The van der Waals surface area contributed by atoms with Crippen LogP contribution in [0.3, 0.4) is 0 Å². The Morgan fingerprint density at radius 2 is 1.89 bits per heavy atom. The molecule has 6 nitrogen and oxygen atoms in total. The molecule has 1 atom stereocenters. The molecule has 1 unspecified atom stereocenters. The van der Waals surface area contributed by atoms with Gasteiger partial charge in [0, 0.05) is 17.5 Å². The van der Waals surface area contributed by atoms with E-state index in [0.717, 1.165) is 16.3 Å². The minimum Gasteiger partial charge on any atom is -0.493 e. The summed E-state index contributed by atoms with van der Waals surface area (Å²) in [7, 11) is 3.20. The number of benzene rings is 1. The molecule has 1 aromatic heterocycles. The topological polar surface area (TPSA) is 86.5 Å². The van der Waals surface area contributed by atoms with Crippen LogP contribution in [0.25, 0.3) is 10.6 Å². The van der Waals surface area contributed by atoms with Crippen LogP contribution in [0.4, 0.5) is 0 Å². The van der Waals surface area contributed by atoms with Crippen LogP contribution in [-0.2, 0) is 11.2 Å². The van der Waals surface area contributed by atoms with Crippen molar-refractivity contribution in [1.82, 2.24) is 10.3 Å². The zero-order chi connectivity index (χ0) is 19.3. The second-order valence-corrected chi connectivity index (χ2v) is 7.57. The number of amides is 1. The predicted octanol–water partition coefficient (Wildman–Crippen LogP) is 3.70. The van der Waals surface area contributed by atoms with Crippen molar-refractivity contribution in [2.45, 2.75) is 32.7 Å². The quantitative estimate of drug-likeness (QED) is 0.641. The van der Waals surface area contributed by atoms with Crippen LogP contribution in [0.5, 0.6) is 11.5 Å². The maximum atomic E-state index is 12.4. The van der Waals surface area contributed by atoms with Crippen LogP contribution in [-0.4, -0.2) is 37.2 Å². The van der Waals surface area contributed by atoms with E-state index in [1.165, 1.54) is 11.3 Å². The highest BCUT2D eigenvalue weighted by Crippen LogP contribution is 2.33. The fourth-order valence-corrected chi connectivity index (χ4v) is 3.26. The van der Waals surface area contributed by atoms with E-state index < -0.39 is 5.54 Å². The molecule has 9 heteroatoms. The zero-order valence-electron chi connectivity index (χ0n) is 16.8. The molecule has 0 radical (unpaired) electrons. The summed E-state index contributed by atoms with van der Waals surface area (Å²) in [4.78, 5) is 17.0. The number of carbonyl (C=O) groups excluding carboxylic acids is 1. The molecule has 3 N–H and O–H groups in total. The number of carbonyl (C=O) groups is 1. The van der Waals surface area contributed by atoms with Crippen LogP contribution in [0.1, 0.15) is 26.5 Å². The lowest BCUT2D eigenvalue weighted by Gasteiger charge is -2.33. The summed E-state index contributed by atoms with van der Waals surface area (Å²) in [5.74, 6) is 1.49. The van der Waals surface area contributed by atoms with E-state index in [1.807, 2.05) is 44.4 Å². The Morgan fingerprint density at radius 3 is 2.43 bits per heavy atom. The molecule has 2 aromatic rings. The lowest BCUT2D eigenvalue weighted by Crippen LogP contribution is -2.55. The van der Waals surface area contributed by atoms with Crippen LogP contribution in [0.2, 0.25) is 0 Å². The van der Waals surface area contributed by atoms with Crippen molar-refractivity contribution in [2.75, 3.05) is 20.8 Å². The fraction of sp³-hybridized carbons (Fsp3) is 0.474. The van der Waals surface area contributed by atoms with Gasteiger partial charge in [-0.2, -0.15) is 0 Å². The average molecular weight is 450 g/mol. The van der Waals surface area contributed by atoms with Gasteiger partial charge in [-0.25, -0.2) is 4.98 Å². The first kappa shape index (κ1) is 26.5. The number of nitrogens with one attached hydrogen (secondary N) is 1. The van der Waals surface area contributed by atoms with Crippen LogP contribution in [0, 0.1) is 5.92 Å². The number of nitrogens with zero attached hydrogens (tertiary/aromatic N) is 1. The molecule has 1 aromatic carbocycles. The molecule has 0 fully saturated rings. The van der Waals surface area contributed by atoms with Gasteiger partial charge in [-0.3, -0.25) is 4.79 Å². The second-order valence-electron chi connectivity index (χ2n) is 6.72. The molecule has 0 saturated heterocycles. The molecule has 1 heterocycles. The van der Waals surface area contributed by atoms with Gasteiger partial charge in [0.1, 0.15) is 5.01 Å². The minimum absolute atomic E-state index is 0. The third-order valence-corrected chi connectivity index (χ3v) is 5.59. The van der Waals surface area contributed by atoms with Crippen molar-refractivity contribution in [2.24, 2.45) is 11.7 Å². The Labute approximate surface area is 183 Å². The Kier molecular flexibility index (Phi) is 10.8. The highest BCUT2D eigenvalue weighted by Gasteiger charge is 2.28. The van der Waals surface area contributed by atoms with Crippen molar-refractivity contribution >= 4 is 42.1 Å². The SMILES string of the molecule is COc1ccc(-c2nc(CC(=O)NC(C)(CN)C(C)C)cs2)cc1OC.Cl.Cl. The fourth-order valence-electron chi connectivity index (χ4n) is 2.45. The summed E-state index contributed by atoms with van der Waals surface area (Å²) in [6.07, 6.45) is 0.228. The van der Waals surface area contributed by atoms with Gasteiger partial charge in [0.2, 0.25) is 5.91 Å². The summed E-state index contributed by atoms with van der Waals surface area (Å²) in [6.45, 7) is 6.45. The highest BCUT2D eigenvalue weighted by molar-refractivity contribution is 7.13. The highest BCUT2D eigenvalue weighted by atomic mass is 35.5. The monoisotopic (exact) mass is 449 g/mol. The van der Waals surface area contributed by atoms with E-state index >= 15 is 0 Å². The van der Waals surface area contributed by atoms with E-state index in [1.54, 1.807) is 14.2 Å². The molecule has 2 rings (SSSR count). The van der Waals surface area contributed by atoms with Gasteiger partial charge in [-0.05, 0) is 31.0 Å². The number of hydrogen-bond donors (Lipinski definition) is 2. The lowest BCUT2D eigenvalue weighted by atomic mass is 9.88. The Balaban J connectivity index is 0.00000364. The molecule has 28 heavy (non-hydrogen) atoms. The van der Waals surface area contributed by atoms with E-state index in [0.29, 0.717) is 18.0 Å². The number of ether oxygens (including phenoxy) is 2. The number of rotatable bonds is 8. The van der Waals surface area contributed by atoms with E-state index in [2.05, 4.69) is 10.3 Å². The lowest BCUT2D eigenvalue weighted by molar-refractivity contribution is -0.122. The number of aromatic nitrogens is 1. The minimum atomic E-state index is -0.417. The smallest absolute Gasteiger partial charge is 0.226 e. The van der Waals surface area contributed by atoms with Gasteiger partial charge in [0.05, 0.1) is 31.9 Å². The number of methoxy groups -OCH3 is 2. The molecule has 0 saturated carbocycles. The molecule has 1 amide bonds. The zero-order valence-corrected chi connectivity index (χ0v) is 19.2. The number of nitrogens with two attached hydrogens (primary N) is 1. The first-order valence-electron chi connectivity index (χ1n) is 8.50. The second kappa shape index (κ2) is 11.5. The van der Waals surface area contributed by atoms with Gasteiger partial charge >= 0.3 is 0 Å². The van der Waals surface area contributed by atoms with Gasteiger partial charge in [0.25, 0.3) is 0 Å². The van der Waals surface area contributed by atoms with E-state index in [4.69, 9.17) is 15.2 Å². The normalized spacial score (nSPS) is 12.4. The molecular formula is C19H29Cl2N3O3S. The third kappa shape index (κ3) is 6.24. The molecule has 158 valence electrons. The number of halogens is 2. The summed E-state index contributed by atoms with van der Waals surface area (Å²) in [5, 5.41) is 5.77. The molecule has 0 aliphatic heterocycles. The average Bonchev–Trinajstić information content (AvgIpc) is 3.08. The maximum absolute atomic E-state index is 12.4. The van der Waals surface area contributed by atoms with Gasteiger partial charge < -0.3 is 20.5 Å². The standard InChI is InChI=1S/C19H27N3O3S.2ClH/c1-12(2)19(3,11-20)22-17(23)9-14-10-26-18(21-14)13-6-7-15(24-4)16(8-13)25-5;;/h6-8,10,12H,9,11,20H2,1-5H3,(H,22,23);2*1H. The van der Waals surface area contributed by atoms with Gasteiger partial charge in [0.15, 0.2) is 11.5 Å². The predicted molar refractivity (Wildman–Crippen MR) is 119 cm³/mol. The number of thiazole rings is 1. The Hall–Kier alpha value is -1.54. The summed E-state index contributed by atoms with van der Waals surface area (Å²) in [6, 6.07) is 5.65. The first-order chi connectivity index (χ1) is 12.3. The van der Waals surface area contributed by atoms with E-state index in [9.17, 15) is 4.79 Å². The molecule has 0 spiro atoms. The van der Waals surface area contributed by atoms with Crippen LogP contribution < -0.4 is 20.5 Å². The van der Waals surface area contributed by atoms with Crippen molar-refractivity contribution in [3.63, 3.8) is 0 Å². The Morgan fingerprint density at radius 1 is 1.25 bits per heavy atom. The molecule has 0 aliphatic carbocycles. The third-order valence-electron chi connectivity index (χ3n) is 4.65. The first-order valence-corrected chi connectivity index (χ1v) is 9.38. The number of hydrogen-bond acceptors (Lipinski definition) is 6. The summed E-state index contributed by atoms with van der Waals surface area (Å²) >= 11 is 1.50.